The van der Waals surface area contributed by atoms with E-state index < -0.39 is 0 Å². The maximum absolute atomic E-state index is 12.4. The number of benzene rings is 2. The number of hydrogen-bond acceptors (Lipinski definition) is 3. The predicted octanol–water partition coefficient (Wildman–Crippen LogP) is 3.85. The van der Waals surface area contributed by atoms with Crippen LogP contribution >= 0.6 is 0 Å². The van der Waals surface area contributed by atoms with Gasteiger partial charge < -0.3 is 10.1 Å². The van der Waals surface area contributed by atoms with Gasteiger partial charge in [-0.15, -0.1) is 0 Å². The first-order valence-electron chi connectivity index (χ1n) is 7.13. The first kappa shape index (κ1) is 15.6. The molecule has 0 bridgehead atoms. The molecule has 4 nitrogen and oxygen atoms in total. The second-order valence-corrected chi connectivity index (χ2v) is 5.35. The van der Waals surface area contributed by atoms with E-state index in [2.05, 4.69) is 19.2 Å². The molecule has 2 aromatic rings. The highest BCUT2D eigenvalue weighted by Gasteiger charge is 2.13. The lowest BCUT2D eigenvalue weighted by Crippen LogP contribution is -2.15. The van der Waals surface area contributed by atoms with E-state index in [1.807, 2.05) is 12.1 Å². The standard InChI is InChI=1S/C18H18N2O2/c1-13(2)12-22-17-9-4-3-8-16(17)18(21)20-15-7-5-6-14(10-15)11-19/h3-10,13H,12H2,1-2H3,(H,20,21). The molecule has 2 aromatic carbocycles. The number of para-hydroxylation sites is 1. The largest absolute Gasteiger partial charge is 0.492 e. The van der Waals surface area contributed by atoms with Crippen LogP contribution in [0.25, 0.3) is 0 Å². The maximum Gasteiger partial charge on any atom is 0.259 e. The fraction of sp³-hybridized carbons (Fsp3) is 0.222. The predicted molar refractivity (Wildman–Crippen MR) is 85.9 cm³/mol. The van der Waals surface area contributed by atoms with Gasteiger partial charge in [-0.2, -0.15) is 5.26 Å². The van der Waals surface area contributed by atoms with Crippen molar-refractivity contribution in [1.29, 1.82) is 5.26 Å². The van der Waals surface area contributed by atoms with Gasteiger partial charge in [0.2, 0.25) is 0 Å². The molecule has 22 heavy (non-hydrogen) atoms. The number of amides is 1. The highest BCUT2D eigenvalue weighted by molar-refractivity contribution is 6.06. The molecule has 1 N–H and O–H groups in total. The molecule has 0 aromatic heterocycles. The van der Waals surface area contributed by atoms with Gasteiger partial charge in [0.25, 0.3) is 5.91 Å². The molecule has 2 rings (SSSR count). The summed E-state index contributed by atoms with van der Waals surface area (Å²) < 4.78 is 5.69. The number of nitrogens with zero attached hydrogens (tertiary/aromatic N) is 1. The van der Waals surface area contributed by atoms with Crippen LogP contribution in [-0.2, 0) is 0 Å². The molecule has 1 amide bonds. The average Bonchev–Trinajstić information content (AvgIpc) is 2.53. The van der Waals surface area contributed by atoms with E-state index in [-0.39, 0.29) is 5.91 Å². The van der Waals surface area contributed by atoms with Crippen molar-refractivity contribution in [1.82, 2.24) is 0 Å². The number of anilines is 1. The second kappa shape index (κ2) is 7.28. The summed E-state index contributed by atoms with van der Waals surface area (Å²) in [5.41, 5.74) is 1.57. The monoisotopic (exact) mass is 294 g/mol. The van der Waals surface area contributed by atoms with Crippen LogP contribution in [0.15, 0.2) is 48.5 Å². The molecular weight excluding hydrogens is 276 g/mol. The molecule has 0 unspecified atom stereocenters. The van der Waals surface area contributed by atoms with E-state index in [9.17, 15) is 4.79 Å². The number of rotatable bonds is 5. The molecule has 4 heteroatoms. The average molecular weight is 294 g/mol. The molecule has 0 aliphatic carbocycles. The topological polar surface area (TPSA) is 62.1 Å². The molecule has 0 aliphatic heterocycles. The fourth-order valence-electron chi connectivity index (χ4n) is 1.90. The van der Waals surface area contributed by atoms with Gasteiger partial charge in [-0.3, -0.25) is 4.79 Å². The fourth-order valence-corrected chi connectivity index (χ4v) is 1.90. The third kappa shape index (κ3) is 4.10. The van der Waals surface area contributed by atoms with Crippen molar-refractivity contribution >= 4 is 11.6 Å². The summed E-state index contributed by atoms with van der Waals surface area (Å²) in [6.07, 6.45) is 0. The summed E-state index contributed by atoms with van der Waals surface area (Å²) in [6, 6.07) is 16.0. The van der Waals surface area contributed by atoms with Gasteiger partial charge in [-0.25, -0.2) is 0 Å². The van der Waals surface area contributed by atoms with Crippen LogP contribution < -0.4 is 10.1 Å². The highest BCUT2D eigenvalue weighted by Crippen LogP contribution is 2.20. The first-order valence-corrected chi connectivity index (χ1v) is 7.13. The Kier molecular flexibility index (Phi) is 5.16. The van der Waals surface area contributed by atoms with Crippen LogP contribution in [0.5, 0.6) is 5.75 Å². The minimum absolute atomic E-state index is 0.255. The quantitative estimate of drug-likeness (QED) is 0.911. The molecule has 0 saturated heterocycles. The Morgan fingerprint density at radius 3 is 2.73 bits per heavy atom. The van der Waals surface area contributed by atoms with E-state index in [4.69, 9.17) is 10.00 Å². The molecule has 112 valence electrons. The number of hydrogen-bond donors (Lipinski definition) is 1. The van der Waals surface area contributed by atoms with Gasteiger partial charge in [0.15, 0.2) is 0 Å². The van der Waals surface area contributed by atoms with Gasteiger partial charge >= 0.3 is 0 Å². The van der Waals surface area contributed by atoms with Crippen molar-refractivity contribution in [3.05, 3.63) is 59.7 Å². The Bertz CT molecular complexity index is 702. The lowest BCUT2D eigenvalue weighted by atomic mass is 10.1. The number of nitriles is 1. The van der Waals surface area contributed by atoms with Crippen LogP contribution in [0, 0.1) is 17.2 Å². The number of nitrogens with one attached hydrogen (secondary N) is 1. The molecule has 0 atom stereocenters. The van der Waals surface area contributed by atoms with E-state index in [1.54, 1.807) is 42.5 Å². The number of carbonyl (C=O) groups is 1. The number of carbonyl (C=O) groups excluding carboxylic acids is 1. The van der Waals surface area contributed by atoms with Crippen molar-refractivity contribution in [3.8, 4) is 11.8 Å². The Labute approximate surface area is 130 Å². The Morgan fingerprint density at radius 2 is 2.00 bits per heavy atom. The molecule has 0 spiro atoms. The molecule has 0 heterocycles. The van der Waals surface area contributed by atoms with Crippen LogP contribution in [0.4, 0.5) is 5.69 Å². The van der Waals surface area contributed by atoms with Gasteiger partial charge in [0, 0.05) is 5.69 Å². The van der Waals surface area contributed by atoms with Crippen molar-refractivity contribution in [2.75, 3.05) is 11.9 Å². The van der Waals surface area contributed by atoms with Gasteiger partial charge in [0.1, 0.15) is 5.75 Å². The Hall–Kier alpha value is -2.80. The summed E-state index contributed by atoms with van der Waals surface area (Å²) in [5.74, 6) is 0.683. The minimum atomic E-state index is -0.255. The van der Waals surface area contributed by atoms with E-state index in [0.29, 0.717) is 35.1 Å². The van der Waals surface area contributed by atoms with E-state index in [1.165, 1.54) is 0 Å². The summed E-state index contributed by atoms with van der Waals surface area (Å²) in [4.78, 5) is 12.4. The molecule has 0 fully saturated rings. The van der Waals surface area contributed by atoms with Crippen molar-refractivity contribution < 1.29 is 9.53 Å². The minimum Gasteiger partial charge on any atom is -0.492 e. The van der Waals surface area contributed by atoms with Gasteiger partial charge in [0.05, 0.1) is 23.8 Å². The van der Waals surface area contributed by atoms with Crippen molar-refractivity contribution in [2.24, 2.45) is 5.92 Å². The molecular formula is C18H18N2O2. The second-order valence-electron chi connectivity index (χ2n) is 5.35. The number of ether oxygens (including phenoxy) is 1. The summed E-state index contributed by atoms with van der Waals surface area (Å²) in [6.45, 7) is 4.65. The Morgan fingerprint density at radius 1 is 1.23 bits per heavy atom. The summed E-state index contributed by atoms with van der Waals surface area (Å²) >= 11 is 0. The van der Waals surface area contributed by atoms with Crippen molar-refractivity contribution in [2.45, 2.75) is 13.8 Å². The van der Waals surface area contributed by atoms with Crippen LogP contribution in [-0.4, -0.2) is 12.5 Å². The van der Waals surface area contributed by atoms with Crippen LogP contribution in [0.1, 0.15) is 29.8 Å². The lowest BCUT2D eigenvalue weighted by molar-refractivity contribution is 0.102. The Balaban J connectivity index is 2.17. The smallest absolute Gasteiger partial charge is 0.259 e. The molecule has 0 aliphatic rings. The van der Waals surface area contributed by atoms with Gasteiger partial charge in [-0.05, 0) is 36.2 Å². The zero-order valence-electron chi connectivity index (χ0n) is 12.7. The van der Waals surface area contributed by atoms with Crippen LogP contribution in [0.2, 0.25) is 0 Å². The molecule has 0 radical (unpaired) electrons. The first-order chi connectivity index (χ1) is 10.6. The third-order valence-corrected chi connectivity index (χ3v) is 2.95. The summed E-state index contributed by atoms with van der Waals surface area (Å²) in [7, 11) is 0. The normalized spacial score (nSPS) is 10.1. The maximum atomic E-state index is 12.4. The lowest BCUT2D eigenvalue weighted by Gasteiger charge is -2.13. The van der Waals surface area contributed by atoms with Gasteiger partial charge in [-0.1, -0.05) is 32.0 Å². The summed E-state index contributed by atoms with van der Waals surface area (Å²) in [5, 5.41) is 11.7. The SMILES string of the molecule is CC(C)COc1ccccc1C(=O)Nc1cccc(C#N)c1. The highest BCUT2D eigenvalue weighted by atomic mass is 16.5. The zero-order chi connectivity index (χ0) is 15.9. The van der Waals surface area contributed by atoms with Crippen LogP contribution in [0.3, 0.4) is 0 Å². The molecule has 0 saturated carbocycles. The zero-order valence-corrected chi connectivity index (χ0v) is 12.7. The van der Waals surface area contributed by atoms with E-state index in [0.717, 1.165) is 0 Å². The van der Waals surface area contributed by atoms with Crippen molar-refractivity contribution in [3.63, 3.8) is 0 Å². The third-order valence-electron chi connectivity index (χ3n) is 2.95. The van der Waals surface area contributed by atoms with E-state index >= 15 is 0 Å².